The minimum atomic E-state index is -0.459. The van der Waals surface area contributed by atoms with Crippen LogP contribution in [0.4, 0.5) is 11.4 Å². The third-order valence-electron chi connectivity index (χ3n) is 3.75. The van der Waals surface area contributed by atoms with Gasteiger partial charge in [0.1, 0.15) is 0 Å². The van der Waals surface area contributed by atoms with Gasteiger partial charge in [0.25, 0.3) is 5.69 Å². The zero-order chi connectivity index (χ0) is 13.3. The van der Waals surface area contributed by atoms with E-state index in [1.54, 1.807) is 12.1 Å². The molecule has 0 saturated heterocycles. The summed E-state index contributed by atoms with van der Waals surface area (Å²) in [4.78, 5) is 12.5. The second-order valence-electron chi connectivity index (χ2n) is 4.92. The molecule has 1 aliphatic carbocycles. The van der Waals surface area contributed by atoms with Crippen LogP contribution in [0.15, 0.2) is 18.2 Å². The molecule has 2 rings (SSSR count). The van der Waals surface area contributed by atoms with Crippen molar-refractivity contribution in [2.45, 2.75) is 32.4 Å². The molecule has 1 fully saturated rings. The van der Waals surface area contributed by atoms with Crippen molar-refractivity contribution in [3.63, 3.8) is 0 Å². The predicted molar refractivity (Wildman–Crippen MR) is 69.6 cm³/mol. The van der Waals surface area contributed by atoms with E-state index in [-0.39, 0.29) is 12.3 Å². The van der Waals surface area contributed by atoms with E-state index in [9.17, 15) is 15.2 Å². The molecule has 1 unspecified atom stereocenters. The monoisotopic (exact) mass is 250 g/mol. The van der Waals surface area contributed by atoms with Gasteiger partial charge in [-0.25, -0.2) is 0 Å². The molecule has 0 aromatic heterocycles. The Morgan fingerprint density at radius 2 is 2.22 bits per heavy atom. The van der Waals surface area contributed by atoms with Crippen molar-refractivity contribution in [1.82, 2.24) is 0 Å². The Kier molecular flexibility index (Phi) is 3.52. The molecule has 18 heavy (non-hydrogen) atoms. The predicted octanol–water partition coefficient (Wildman–Crippen LogP) is 2.32. The number of nitro benzene ring substituents is 1. The molecular weight excluding hydrogens is 232 g/mol. The van der Waals surface area contributed by atoms with Gasteiger partial charge in [0.15, 0.2) is 0 Å². The summed E-state index contributed by atoms with van der Waals surface area (Å²) in [5.41, 5.74) is 1.27. The van der Waals surface area contributed by atoms with Crippen LogP contribution in [0.2, 0.25) is 0 Å². The van der Waals surface area contributed by atoms with E-state index in [2.05, 4.69) is 11.8 Å². The second kappa shape index (κ2) is 4.94. The topological polar surface area (TPSA) is 66.6 Å². The normalized spacial score (nSPS) is 16.4. The molecule has 98 valence electrons. The molecule has 0 amide bonds. The van der Waals surface area contributed by atoms with E-state index < -0.39 is 4.92 Å². The first-order valence-corrected chi connectivity index (χ1v) is 6.15. The van der Waals surface area contributed by atoms with Gasteiger partial charge < -0.3 is 10.0 Å². The minimum Gasteiger partial charge on any atom is -0.391 e. The van der Waals surface area contributed by atoms with Gasteiger partial charge in [-0.2, -0.15) is 0 Å². The highest BCUT2D eigenvalue weighted by molar-refractivity contribution is 5.55. The number of hydrogen-bond acceptors (Lipinski definition) is 4. The number of nitrogens with zero attached hydrogens (tertiary/aromatic N) is 2. The summed E-state index contributed by atoms with van der Waals surface area (Å²) in [5, 5.41) is 20.0. The number of aliphatic hydroxyl groups is 1. The van der Waals surface area contributed by atoms with Gasteiger partial charge in [0, 0.05) is 24.8 Å². The number of nitro groups is 1. The van der Waals surface area contributed by atoms with Crippen molar-refractivity contribution in [2.75, 3.05) is 11.9 Å². The van der Waals surface area contributed by atoms with Gasteiger partial charge in [-0.15, -0.1) is 0 Å². The average Bonchev–Trinajstić information content (AvgIpc) is 3.20. The van der Waals surface area contributed by atoms with E-state index in [0.717, 1.165) is 11.6 Å². The molecule has 1 atom stereocenters. The van der Waals surface area contributed by atoms with E-state index in [1.165, 1.54) is 18.9 Å². The van der Waals surface area contributed by atoms with Crippen LogP contribution in [-0.2, 0) is 6.61 Å². The summed E-state index contributed by atoms with van der Waals surface area (Å²) in [7, 11) is 1.99. The fourth-order valence-electron chi connectivity index (χ4n) is 2.23. The maximum absolute atomic E-state index is 10.8. The van der Waals surface area contributed by atoms with Crippen LogP contribution in [0.5, 0.6) is 0 Å². The zero-order valence-corrected chi connectivity index (χ0v) is 10.7. The van der Waals surface area contributed by atoms with Crippen molar-refractivity contribution in [2.24, 2.45) is 5.92 Å². The SMILES string of the molecule is CC(C1CC1)N(C)c1ccc([N+](=O)[O-])c(CO)c1. The van der Waals surface area contributed by atoms with Crippen LogP contribution in [0.1, 0.15) is 25.3 Å². The molecule has 5 nitrogen and oxygen atoms in total. The smallest absolute Gasteiger partial charge is 0.275 e. The van der Waals surface area contributed by atoms with Gasteiger partial charge in [-0.3, -0.25) is 10.1 Å². The van der Waals surface area contributed by atoms with E-state index in [0.29, 0.717) is 11.6 Å². The highest BCUT2D eigenvalue weighted by Crippen LogP contribution is 2.36. The number of anilines is 1. The second-order valence-corrected chi connectivity index (χ2v) is 4.92. The molecule has 0 radical (unpaired) electrons. The van der Waals surface area contributed by atoms with Gasteiger partial charge in [-0.1, -0.05) is 0 Å². The van der Waals surface area contributed by atoms with Crippen molar-refractivity contribution < 1.29 is 10.0 Å². The number of aliphatic hydroxyl groups excluding tert-OH is 1. The lowest BCUT2D eigenvalue weighted by molar-refractivity contribution is -0.385. The summed E-state index contributed by atoms with van der Waals surface area (Å²) in [6.07, 6.45) is 2.51. The first-order valence-electron chi connectivity index (χ1n) is 6.15. The summed E-state index contributed by atoms with van der Waals surface area (Å²) in [5.74, 6) is 0.725. The van der Waals surface area contributed by atoms with Gasteiger partial charge >= 0.3 is 0 Å². The maximum Gasteiger partial charge on any atom is 0.275 e. The lowest BCUT2D eigenvalue weighted by atomic mass is 10.1. The first kappa shape index (κ1) is 12.8. The van der Waals surface area contributed by atoms with Crippen LogP contribution in [0.3, 0.4) is 0 Å². The van der Waals surface area contributed by atoms with Gasteiger partial charge in [0.2, 0.25) is 0 Å². The molecule has 1 aromatic rings. The molecule has 1 aliphatic rings. The summed E-state index contributed by atoms with van der Waals surface area (Å²) in [6.45, 7) is 1.85. The van der Waals surface area contributed by atoms with E-state index in [1.807, 2.05) is 7.05 Å². The molecule has 0 spiro atoms. The van der Waals surface area contributed by atoms with Gasteiger partial charge in [0.05, 0.1) is 17.1 Å². The fraction of sp³-hybridized carbons (Fsp3) is 0.538. The summed E-state index contributed by atoms with van der Waals surface area (Å²) >= 11 is 0. The Balaban J connectivity index is 2.25. The molecule has 5 heteroatoms. The fourth-order valence-corrected chi connectivity index (χ4v) is 2.23. The van der Waals surface area contributed by atoms with Crippen molar-refractivity contribution in [1.29, 1.82) is 0 Å². The molecule has 1 saturated carbocycles. The minimum absolute atomic E-state index is 0.0197. The van der Waals surface area contributed by atoms with Crippen molar-refractivity contribution >= 4 is 11.4 Å². The average molecular weight is 250 g/mol. The van der Waals surface area contributed by atoms with Crippen LogP contribution < -0.4 is 4.90 Å². The van der Waals surface area contributed by atoms with E-state index >= 15 is 0 Å². The lowest BCUT2D eigenvalue weighted by Gasteiger charge is -2.27. The highest BCUT2D eigenvalue weighted by atomic mass is 16.6. The zero-order valence-electron chi connectivity index (χ0n) is 10.7. The summed E-state index contributed by atoms with van der Waals surface area (Å²) < 4.78 is 0. The highest BCUT2D eigenvalue weighted by Gasteiger charge is 2.31. The molecule has 1 aromatic carbocycles. The maximum atomic E-state index is 10.8. The Hall–Kier alpha value is -1.62. The van der Waals surface area contributed by atoms with Crippen molar-refractivity contribution in [3.8, 4) is 0 Å². The number of hydrogen-bond donors (Lipinski definition) is 1. The van der Waals surface area contributed by atoms with Crippen LogP contribution in [0.25, 0.3) is 0 Å². The molecule has 0 heterocycles. The van der Waals surface area contributed by atoms with Crippen LogP contribution in [-0.4, -0.2) is 23.1 Å². The van der Waals surface area contributed by atoms with Crippen LogP contribution in [0, 0.1) is 16.0 Å². The lowest BCUT2D eigenvalue weighted by Crippen LogP contribution is -2.30. The number of benzene rings is 1. The molecular formula is C13H18N2O3. The first-order chi connectivity index (χ1) is 8.54. The Morgan fingerprint density at radius 3 is 2.72 bits per heavy atom. The molecule has 0 bridgehead atoms. The standard InChI is InChI=1S/C13H18N2O3/c1-9(10-3-4-10)14(2)12-5-6-13(15(17)18)11(7-12)8-16/h5-7,9-10,16H,3-4,8H2,1-2H3. The Bertz CT molecular complexity index is 458. The largest absolute Gasteiger partial charge is 0.391 e. The number of rotatable bonds is 5. The Morgan fingerprint density at radius 1 is 1.56 bits per heavy atom. The quantitative estimate of drug-likeness (QED) is 0.643. The van der Waals surface area contributed by atoms with Crippen LogP contribution >= 0.6 is 0 Å². The summed E-state index contributed by atoms with van der Waals surface area (Å²) in [6, 6.07) is 5.35. The Labute approximate surface area is 106 Å². The molecule has 1 N–H and O–H groups in total. The third kappa shape index (κ3) is 2.46. The third-order valence-corrected chi connectivity index (χ3v) is 3.75. The van der Waals surface area contributed by atoms with Crippen molar-refractivity contribution in [3.05, 3.63) is 33.9 Å². The molecule has 0 aliphatic heterocycles. The van der Waals surface area contributed by atoms with Gasteiger partial charge in [-0.05, 0) is 37.8 Å². The van der Waals surface area contributed by atoms with E-state index in [4.69, 9.17) is 0 Å².